The molecule has 0 atom stereocenters. The van der Waals surface area contributed by atoms with Crippen molar-refractivity contribution in [3.8, 4) is 29.4 Å². The number of carboxylic acids is 1. The Morgan fingerprint density at radius 3 is 2.73 bits per heavy atom. The van der Waals surface area contributed by atoms with Crippen molar-refractivity contribution in [1.82, 2.24) is 20.4 Å². The van der Waals surface area contributed by atoms with Gasteiger partial charge < -0.3 is 14.6 Å². The zero-order valence-electron chi connectivity index (χ0n) is 14.0. The molecule has 2 aromatic heterocycles. The number of pyridine rings is 1. The van der Waals surface area contributed by atoms with Crippen molar-refractivity contribution in [3.63, 3.8) is 0 Å². The third kappa shape index (κ3) is 3.79. The monoisotopic (exact) mass is 350 g/mol. The molecule has 0 saturated carbocycles. The van der Waals surface area contributed by atoms with Crippen LogP contribution in [-0.2, 0) is 0 Å². The summed E-state index contributed by atoms with van der Waals surface area (Å²) in [5.41, 5.74) is 2.11. The first-order valence-electron chi connectivity index (χ1n) is 7.51. The third-order valence-corrected chi connectivity index (χ3v) is 3.35. The van der Waals surface area contributed by atoms with E-state index in [0.717, 1.165) is 11.1 Å². The molecule has 3 aromatic rings. The number of benzene rings is 1. The molecule has 0 spiro atoms. The zero-order valence-corrected chi connectivity index (χ0v) is 14.0. The predicted octanol–water partition coefficient (Wildman–Crippen LogP) is 2.41. The topological polar surface area (TPSA) is 110 Å². The van der Waals surface area contributed by atoms with E-state index in [1.54, 1.807) is 31.5 Å². The summed E-state index contributed by atoms with van der Waals surface area (Å²) in [6.07, 6.45) is 1.63. The second kappa shape index (κ2) is 7.36. The molecule has 2 N–H and O–H groups in total. The normalized spacial score (nSPS) is 9.92. The van der Waals surface area contributed by atoms with Crippen LogP contribution in [0.1, 0.15) is 27.2 Å². The van der Waals surface area contributed by atoms with Gasteiger partial charge in [0.2, 0.25) is 11.6 Å². The van der Waals surface area contributed by atoms with Gasteiger partial charge in [-0.15, -0.1) is 0 Å². The van der Waals surface area contributed by atoms with Gasteiger partial charge in [0.1, 0.15) is 5.75 Å². The van der Waals surface area contributed by atoms with Gasteiger partial charge in [-0.1, -0.05) is 28.2 Å². The molecule has 0 unspecified atom stereocenters. The van der Waals surface area contributed by atoms with Crippen LogP contribution in [0.4, 0.5) is 0 Å². The number of rotatable bonds is 4. The van der Waals surface area contributed by atoms with Gasteiger partial charge in [-0.25, -0.2) is 14.9 Å². The summed E-state index contributed by atoms with van der Waals surface area (Å²) in [6, 6.07) is 8.79. The molecule has 0 fully saturated rings. The number of carbonyl (C=O) groups is 1. The lowest BCUT2D eigenvalue weighted by molar-refractivity contribution is 0.0687. The molecule has 0 aliphatic rings. The van der Waals surface area contributed by atoms with E-state index in [4.69, 9.17) is 14.6 Å². The van der Waals surface area contributed by atoms with E-state index in [-0.39, 0.29) is 11.6 Å². The summed E-state index contributed by atoms with van der Waals surface area (Å²) in [5, 5.41) is 18.4. The number of nitrogens with one attached hydrogen (secondary N) is 1. The van der Waals surface area contributed by atoms with Gasteiger partial charge in [-0.3, -0.25) is 0 Å². The van der Waals surface area contributed by atoms with Crippen molar-refractivity contribution in [3.05, 3.63) is 58.9 Å². The van der Waals surface area contributed by atoms with Gasteiger partial charge in [0, 0.05) is 22.9 Å². The molecule has 0 aliphatic carbocycles. The molecule has 0 aliphatic heterocycles. The largest absolute Gasteiger partial charge is 0.481 e. The lowest BCUT2D eigenvalue weighted by Gasteiger charge is -2.03. The summed E-state index contributed by atoms with van der Waals surface area (Å²) < 4.78 is 10.6. The van der Waals surface area contributed by atoms with Crippen LogP contribution in [0.3, 0.4) is 0 Å². The van der Waals surface area contributed by atoms with E-state index >= 15 is 0 Å². The lowest BCUT2D eigenvalue weighted by atomic mass is 10.2. The van der Waals surface area contributed by atoms with Crippen molar-refractivity contribution < 1.29 is 19.4 Å². The van der Waals surface area contributed by atoms with Crippen LogP contribution in [-0.4, -0.2) is 38.6 Å². The molecule has 26 heavy (non-hydrogen) atoms. The van der Waals surface area contributed by atoms with Crippen LogP contribution >= 0.6 is 0 Å². The minimum atomic E-state index is -1.21. The molecule has 0 amide bonds. The first kappa shape index (κ1) is 17.0. The molecule has 0 radical (unpaired) electrons. The molecular formula is C18H14N4O4. The van der Waals surface area contributed by atoms with Crippen molar-refractivity contribution in [1.29, 1.82) is 0 Å². The fourth-order valence-corrected chi connectivity index (χ4v) is 2.17. The van der Waals surface area contributed by atoms with E-state index < -0.39 is 5.97 Å². The number of aromatic amines is 1. The highest BCUT2D eigenvalue weighted by molar-refractivity contribution is 5.87. The van der Waals surface area contributed by atoms with E-state index in [9.17, 15) is 4.79 Å². The maximum atomic E-state index is 11.0. The number of aryl methyl sites for hydroxylation is 1. The van der Waals surface area contributed by atoms with Crippen molar-refractivity contribution >= 4 is 5.97 Å². The van der Waals surface area contributed by atoms with Gasteiger partial charge in [0.15, 0.2) is 0 Å². The number of carboxylic acid groups (broad SMARTS) is 1. The van der Waals surface area contributed by atoms with Gasteiger partial charge in [-0.2, -0.15) is 0 Å². The zero-order chi connectivity index (χ0) is 18.5. The number of hydrogen-bond acceptors (Lipinski definition) is 6. The number of hydrogen-bond donors (Lipinski definition) is 2. The summed E-state index contributed by atoms with van der Waals surface area (Å²) in [6.45, 7) is 1.89. The molecule has 3 rings (SSSR count). The number of H-pyrrole nitrogens is 1. The maximum Gasteiger partial charge on any atom is 0.359 e. The maximum absolute atomic E-state index is 11.0. The highest BCUT2D eigenvalue weighted by atomic mass is 16.5. The van der Waals surface area contributed by atoms with Crippen LogP contribution in [0.5, 0.6) is 17.5 Å². The van der Waals surface area contributed by atoms with E-state index in [0.29, 0.717) is 17.2 Å². The van der Waals surface area contributed by atoms with E-state index in [2.05, 4.69) is 32.2 Å². The summed E-state index contributed by atoms with van der Waals surface area (Å²) in [4.78, 5) is 15.2. The van der Waals surface area contributed by atoms with Crippen LogP contribution in [0.25, 0.3) is 0 Å². The fraction of sp³-hybridized carbons (Fsp3) is 0.111. The van der Waals surface area contributed by atoms with E-state index in [1.807, 2.05) is 19.1 Å². The Kier molecular flexibility index (Phi) is 4.80. The highest BCUT2D eigenvalue weighted by Crippen LogP contribution is 2.22. The Morgan fingerprint density at radius 1 is 1.19 bits per heavy atom. The van der Waals surface area contributed by atoms with Gasteiger partial charge >= 0.3 is 5.97 Å². The van der Waals surface area contributed by atoms with Gasteiger partial charge in [-0.05, 0) is 31.2 Å². The van der Waals surface area contributed by atoms with Crippen LogP contribution in [0.2, 0.25) is 0 Å². The number of nitrogens with zero attached hydrogens (tertiary/aromatic N) is 3. The Hall–Kier alpha value is -3.86. The van der Waals surface area contributed by atoms with E-state index in [1.165, 1.54) is 0 Å². The van der Waals surface area contributed by atoms with Crippen LogP contribution in [0.15, 0.2) is 36.5 Å². The molecule has 8 heteroatoms. The molecule has 0 saturated heterocycles. The van der Waals surface area contributed by atoms with Gasteiger partial charge in [0.25, 0.3) is 5.88 Å². The number of aromatic carboxylic acids is 1. The first-order valence-corrected chi connectivity index (χ1v) is 7.51. The molecular weight excluding hydrogens is 336 g/mol. The lowest BCUT2D eigenvalue weighted by Crippen LogP contribution is -1.99. The van der Waals surface area contributed by atoms with Gasteiger partial charge in [0.05, 0.1) is 7.11 Å². The Bertz CT molecular complexity index is 1020. The summed E-state index contributed by atoms with van der Waals surface area (Å²) >= 11 is 0. The summed E-state index contributed by atoms with van der Waals surface area (Å²) in [5.74, 6) is 5.67. The van der Waals surface area contributed by atoms with Crippen LogP contribution < -0.4 is 9.47 Å². The minimum Gasteiger partial charge on any atom is -0.481 e. The average molecular weight is 350 g/mol. The van der Waals surface area contributed by atoms with Crippen molar-refractivity contribution in [2.75, 3.05) is 7.11 Å². The number of ether oxygens (including phenoxy) is 2. The average Bonchev–Trinajstić information content (AvgIpc) is 3.09. The molecule has 8 nitrogen and oxygen atoms in total. The predicted molar refractivity (Wildman–Crippen MR) is 91.4 cm³/mol. The third-order valence-electron chi connectivity index (χ3n) is 3.35. The molecule has 0 bridgehead atoms. The quantitative estimate of drug-likeness (QED) is 0.695. The Morgan fingerprint density at radius 2 is 2.00 bits per heavy atom. The molecule has 130 valence electrons. The first-order chi connectivity index (χ1) is 12.6. The second-order valence-electron chi connectivity index (χ2n) is 5.23. The standard InChI is InChI=1S/C18H14N4O4/c1-11-8-13(10-19-16(11)25-2)7-6-12-4-3-5-14(9-12)26-17-15(18(23)24)20-22-21-17/h3-5,8-10H,1-2H3,(H,23,24)(H,20,21,22). The fourth-order valence-electron chi connectivity index (χ4n) is 2.17. The highest BCUT2D eigenvalue weighted by Gasteiger charge is 2.16. The Labute approximate surface area is 148 Å². The summed E-state index contributed by atoms with van der Waals surface area (Å²) in [7, 11) is 1.57. The van der Waals surface area contributed by atoms with Crippen molar-refractivity contribution in [2.24, 2.45) is 0 Å². The minimum absolute atomic E-state index is 0.113. The second-order valence-corrected chi connectivity index (χ2v) is 5.23. The SMILES string of the molecule is COc1ncc(C#Cc2cccc(Oc3nn[nH]c3C(=O)O)c2)cc1C. The number of aromatic nitrogens is 4. The number of methoxy groups -OCH3 is 1. The van der Waals surface area contributed by atoms with Crippen LogP contribution in [0, 0.1) is 18.8 Å². The Balaban J connectivity index is 1.81. The smallest absolute Gasteiger partial charge is 0.359 e. The van der Waals surface area contributed by atoms with Crippen molar-refractivity contribution in [2.45, 2.75) is 6.92 Å². The molecule has 2 heterocycles. The molecule has 1 aromatic carbocycles.